The highest BCUT2D eigenvalue weighted by Crippen LogP contribution is 2.44. The number of carbonyl (C=O) groups excluding carboxylic acids is 7. The summed E-state index contributed by atoms with van der Waals surface area (Å²) in [6.07, 6.45) is 8.41. The maximum Gasteiger partial charge on any atom is 0.416 e. The van der Waals surface area contributed by atoms with Gasteiger partial charge in [0.05, 0.1) is 49.9 Å². The Morgan fingerprint density at radius 3 is 2.11 bits per heavy atom. The lowest BCUT2D eigenvalue weighted by atomic mass is 9.89. The third-order valence-electron chi connectivity index (χ3n) is 12.4. The van der Waals surface area contributed by atoms with Gasteiger partial charge in [-0.3, -0.25) is 38.7 Å². The number of aliphatic imine (C=N–C) groups is 1. The summed E-state index contributed by atoms with van der Waals surface area (Å²) < 4.78 is 28.8. The van der Waals surface area contributed by atoms with Gasteiger partial charge in [0.1, 0.15) is 11.5 Å². The van der Waals surface area contributed by atoms with Crippen LogP contribution in [0.1, 0.15) is 131 Å². The maximum absolute atomic E-state index is 13.9. The first-order valence-corrected chi connectivity index (χ1v) is 25.2. The van der Waals surface area contributed by atoms with Crippen LogP contribution >= 0.6 is 0 Å². The predicted molar refractivity (Wildman–Crippen MR) is 272 cm³/mol. The lowest BCUT2D eigenvalue weighted by Crippen LogP contribution is -2.51. The minimum Gasteiger partial charge on any atom is -0.493 e. The van der Waals surface area contributed by atoms with Gasteiger partial charge in [0.15, 0.2) is 35.9 Å². The molecular formula is C55H72N4O13. The molecular weight excluding hydrogens is 925 g/mol. The van der Waals surface area contributed by atoms with Crippen LogP contribution in [0.25, 0.3) is 0 Å². The molecule has 1 saturated heterocycles. The molecule has 2 fully saturated rings. The molecule has 4 heterocycles. The number of benzene rings is 2. The van der Waals surface area contributed by atoms with E-state index >= 15 is 0 Å². The topological polar surface area (TPSA) is 208 Å². The summed E-state index contributed by atoms with van der Waals surface area (Å²) in [6, 6.07) is 5.83. The normalized spacial score (nSPS) is 19.6. The first-order valence-electron chi connectivity index (χ1n) is 25.2. The molecule has 1 saturated carbocycles. The van der Waals surface area contributed by atoms with Crippen LogP contribution in [0.15, 0.2) is 65.7 Å². The average Bonchev–Trinajstić information content (AvgIpc) is 4.00. The van der Waals surface area contributed by atoms with E-state index in [1.165, 1.54) is 43.1 Å². The number of methoxy groups -OCH3 is 1. The molecule has 17 nitrogen and oxygen atoms in total. The zero-order valence-corrected chi connectivity index (χ0v) is 42.8. The van der Waals surface area contributed by atoms with Crippen LogP contribution in [0, 0.1) is 18.8 Å². The number of aliphatic hydroxyl groups excluding tert-OH is 1. The number of carbonyl (C=O) groups is 7. The number of imide groups is 1. The highest BCUT2D eigenvalue weighted by atomic mass is 16.6. The minimum atomic E-state index is -1.52. The maximum atomic E-state index is 13.9. The monoisotopic (exact) mass is 997 g/mol. The number of anilines is 1. The number of unbranched alkanes of at least 4 members (excludes halogenated alkanes) is 2. The SMILES string of the molecule is C=C1CC2C(=O)c3cc(OC)c(OCCCCCOc4cc5c(cc4C)C(=O)N4CC(=C)C[C@H]4[C@H](O)N5C(=O)OCC(=O)CCOCCCC(=O)CCN4C(=O)C=CC4=O)cc3N=C[C@@H]2C1.CCC.CCC. The van der Waals surface area contributed by atoms with Gasteiger partial charge in [-0.15, -0.1) is 0 Å². The molecule has 390 valence electrons. The number of ketones is 3. The van der Waals surface area contributed by atoms with Crippen molar-refractivity contribution in [2.75, 3.05) is 58.1 Å². The number of amides is 4. The van der Waals surface area contributed by atoms with Crippen LogP contribution in [-0.4, -0.2) is 128 Å². The summed E-state index contributed by atoms with van der Waals surface area (Å²) in [6.45, 7) is 18.9. The number of hydrogen-bond donors (Lipinski definition) is 1. The van der Waals surface area contributed by atoms with Crippen LogP contribution in [0.4, 0.5) is 16.2 Å². The second-order valence-corrected chi connectivity index (χ2v) is 18.6. The number of allylic oxidation sites excluding steroid dienone is 1. The van der Waals surface area contributed by atoms with Crippen molar-refractivity contribution in [1.82, 2.24) is 9.80 Å². The molecule has 5 aliphatic rings. The first-order chi connectivity index (χ1) is 34.6. The van der Waals surface area contributed by atoms with Gasteiger partial charge >= 0.3 is 6.09 Å². The van der Waals surface area contributed by atoms with Crippen molar-refractivity contribution in [2.24, 2.45) is 16.8 Å². The minimum absolute atomic E-state index is 0.0169. The zero-order valence-electron chi connectivity index (χ0n) is 42.8. The fraction of sp³-hybridized carbons (Fsp3) is 0.527. The molecule has 1 unspecified atom stereocenters. The Balaban J connectivity index is 0.00000153. The van der Waals surface area contributed by atoms with E-state index in [9.17, 15) is 38.7 Å². The number of nitrogens with zero attached hydrogens (tertiary/aromatic N) is 4. The van der Waals surface area contributed by atoms with Crippen LogP contribution in [0.3, 0.4) is 0 Å². The van der Waals surface area contributed by atoms with Crippen LogP contribution in [0.5, 0.6) is 17.2 Å². The van der Waals surface area contributed by atoms with Crippen molar-refractivity contribution in [3.63, 3.8) is 0 Å². The van der Waals surface area contributed by atoms with Crippen LogP contribution < -0.4 is 19.1 Å². The van der Waals surface area contributed by atoms with E-state index in [2.05, 4.69) is 45.8 Å². The quantitative estimate of drug-likeness (QED) is 0.0707. The second kappa shape index (κ2) is 27.4. The predicted octanol–water partition coefficient (Wildman–Crippen LogP) is 8.63. The van der Waals surface area contributed by atoms with Crippen molar-refractivity contribution in [3.05, 3.63) is 77.4 Å². The molecule has 0 spiro atoms. The number of fused-ring (bicyclic) bond motifs is 4. The van der Waals surface area contributed by atoms with E-state index in [0.717, 1.165) is 33.8 Å². The lowest BCUT2D eigenvalue weighted by molar-refractivity contribution is -0.137. The number of aryl methyl sites for hydroxylation is 1. The van der Waals surface area contributed by atoms with Crippen molar-refractivity contribution in [2.45, 2.75) is 124 Å². The summed E-state index contributed by atoms with van der Waals surface area (Å²) in [5, 5.41) is 11.6. The molecule has 17 heteroatoms. The number of aliphatic hydroxyl groups is 1. The molecule has 72 heavy (non-hydrogen) atoms. The van der Waals surface area contributed by atoms with Gasteiger partial charge in [-0.05, 0) is 69.6 Å². The molecule has 0 bridgehead atoms. The molecule has 1 N–H and O–H groups in total. The Kier molecular flexibility index (Phi) is 21.5. The Bertz CT molecular complexity index is 2390. The fourth-order valence-electron chi connectivity index (χ4n) is 8.86. The van der Waals surface area contributed by atoms with Crippen molar-refractivity contribution >= 4 is 58.8 Å². The summed E-state index contributed by atoms with van der Waals surface area (Å²) >= 11 is 0. The third-order valence-corrected chi connectivity index (χ3v) is 12.4. The number of ether oxygens (including phenoxy) is 5. The third kappa shape index (κ3) is 14.6. The molecule has 0 radical (unpaired) electrons. The van der Waals surface area contributed by atoms with Gasteiger partial charge in [-0.2, -0.15) is 0 Å². The van der Waals surface area contributed by atoms with E-state index < -0.39 is 42.6 Å². The smallest absolute Gasteiger partial charge is 0.416 e. The Hall–Kier alpha value is -6.46. The number of hydrogen-bond acceptors (Lipinski definition) is 14. The van der Waals surface area contributed by atoms with E-state index in [-0.39, 0.29) is 92.5 Å². The molecule has 7 rings (SSSR count). The standard InChI is InChI=1S/C49H56N4O13.2C3H8/c1-29-19-32-26-50-38-24-43(42(62-4)23-36(38)46(58)35(32)20-29)65-17-7-5-6-16-64-41-25-39-37(22-31(41)3)47(59)52-27-30(2)21-40(52)48(60)53(39)49(61)66-28-34(55)13-18-63-15-8-9-33(54)12-14-51-44(56)10-11-45(51)57;2*1-3-2/h10-11,22-26,32,35,40,48,60H,1-2,5-9,12-21,27-28H2,3-4H3;2*3H2,1-2H3/t32-,35?,40-,48-;;/m0../s1. The Labute approximate surface area is 423 Å². The van der Waals surface area contributed by atoms with E-state index in [0.29, 0.717) is 73.0 Å². The molecule has 2 aromatic rings. The Morgan fingerprint density at radius 2 is 1.43 bits per heavy atom. The highest BCUT2D eigenvalue weighted by molar-refractivity contribution is 6.13. The summed E-state index contributed by atoms with van der Waals surface area (Å²) in [5.74, 6) is -0.562. The summed E-state index contributed by atoms with van der Waals surface area (Å²) in [5.41, 5.74) is 3.75. The molecule has 0 aromatic heterocycles. The van der Waals surface area contributed by atoms with Gasteiger partial charge < -0.3 is 33.7 Å². The van der Waals surface area contributed by atoms with E-state index in [1.54, 1.807) is 25.1 Å². The average molecular weight is 997 g/mol. The fourth-order valence-corrected chi connectivity index (χ4v) is 8.86. The molecule has 4 atom stereocenters. The number of Topliss-reactive ketones (excluding diaryl/α,β-unsaturated/α-hetero) is 3. The van der Waals surface area contributed by atoms with Gasteiger partial charge in [-0.25, -0.2) is 9.69 Å². The van der Waals surface area contributed by atoms with Crippen LogP contribution in [0.2, 0.25) is 0 Å². The van der Waals surface area contributed by atoms with Gasteiger partial charge in [0, 0.05) is 86.9 Å². The zero-order chi connectivity index (χ0) is 52.5. The highest BCUT2D eigenvalue weighted by Gasteiger charge is 2.46. The van der Waals surface area contributed by atoms with Crippen LogP contribution in [-0.2, 0) is 28.7 Å². The lowest BCUT2D eigenvalue weighted by Gasteiger charge is -2.31. The molecule has 4 aliphatic heterocycles. The summed E-state index contributed by atoms with van der Waals surface area (Å²) in [7, 11) is 1.54. The first kappa shape index (κ1) is 56.5. The van der Waals surface area contributed by atoms with Gasteiger partial charge in [-0.1, -0.05) is 64.8 Å². The second-order valence-electron chi connectivity index (χ2n) is 18.6. The van der Waals surface area contributed by atoms with Gasteiger partial charge in [0.25, 0.3) is 17.7 Å². The van der Waals surface area contributed by atoms with Crippen molar-refractivity contribution < 1.29 is 62.4 Å². The molecule has 1 aliphatic carbocycles. The van der Waals surface area contributed by atoms with Crippen molar-refractivity contribution in [1.29, 1.82) is 0 Å². The van der Waals surface area contributed by atoms with E-state index in [1.807, 2.05) is 6.21 Å². The largest absolute Gasteiger partial charge is 0.493 e. The Morgan fingerprint density at radius 1 is 0.750 bits per heavy atom. The van der Waals surface area contributed by atoms with Crippen molar-refractivity contribution in [3.8, 4) is 17.2 Å². The number of rotatable bonds is 21. The molecule has 4 amide bonds. The molecule has 2 aromatic carbocycles. The van der Waals surface area contributed by atoms with E-state index in [4.69, 9.17) is 23.7 Å². The summed E-state index contributed by atoms with van der Waals surface area (Å²) in [4.78, 5) is 97.4. The van der Waals surface area contributed by atoms with Gasteiger partial charge in [0.2, 0.25) is 0 Å².